The molecule has 0 atom stereocenters. The van der Waals surface area contributed by atoms with Crippen LogP contribution in [0, 0.1) is 0 Å². The van der Waals surface area contributed by atoms with Crippen LogP contribution < -0.4 is 29.9 Å². The number of carbonyl (C=O) groups excluding carboxylic acids is 2. The van der Waals surface area contributed by atoms with Gasteiger partial charge in [-0.1, -0.05) is 30.3 Å². The Morgan fingerprint density at radius 1 is 0.846 bits per heavy atom. The monoisotopic (exact) mass is 530 g/mol. The Kier molecular flexibility index (Phi) is 10.5. The van der Waals surface area contributed by atoms with E-state index in [-0.39, 0.29) is 5.70 Å². The lowest BCUT2D eigenvalue weighted by atomic mass is 10.1. The minimum Gasteiger partial charge on any atom is -0.493 e. The molecule has 2 amide bonds. The number of anilines is 1. The molecule has 0 bridgehead atoms. The number of nitrogens with zero attached hydrogens (tertiary/aromatic N) is 2. The molecule has 0 spiro atoms. The lowest BCUT2D eigenvalue weighted by molar-refractivity contribution is -0.117. The van der Waals surface area contributed by atoms with Crippen LogP contribution in [0.3, 0.4) is 0 Å². The van der Waals surface area contributed by atoms with E-state index in [1.54, 1.807) is 42.5 Å². The maximum absolute atomic E-state index is 13.1. The molecule has 0 saturated heterocycles. The van der Waals surface area contributed by atoms with Gasteiger partial charge in [-0.3, -0.25) is 9.59 Å². The maximum Gasteiger partial charge on any atom is 0.287 e. The minimum atomic E-state index is -0.587. The highest BCUT2D eigenvalue weighted by atomic mass is 16.5. The van der Waals surface area contributed by atoms with Crippen LogP contribution in [0.5, 0.6) is 17.2 Å². The number of rotatable bonds is 12. The molecular weight excluding hydrogens is 496 g/mol. The van der Waals surface area contributed by atoms with E-state index >= 15 is 0 Å². The third kappa shape index (κ3) is 7.61. The first-order valence-corrected chi connectivity index (χ1v) is 12.5. The number of ether oxygens (including phenoxy) is 3. The maximum atomic E-state index is 13.1. The summed E-state index contributed by atoms with van der Waals surface area (Å²) in [4.78, 5) is 28.2. The van der Waals surface area contributed by atoms with Gasteiger partial charge in [0.2, 0.25) is 5.75 Å². The van der Waals surface area contributed by atoms with E-state index in [0.717, 1.165) is 24.3 Å². The van der Waals surface area contributed by atoms with Crippen molar-refractivity contribution in [2.75, 3.05) is 39.3 Å². The lowest BCUT2D eigenvalue weighted by Crippen LogP contribution is -2.32. The first-order valence-electron chi connectivity index (χ1n) is 12.5. The average Bonchev–Trinajstić information content (AvgIpc) is 2.97. The van der Waals surface area contributed by atoms with Gasteiger partial charge in [-0.25, -0.2) is 5.43 Å². The van der Waals surface area contributed by atoms with E-state index in [1.165, 1.54) is 27.5 Å². The average molecular weight is 531 g/mol. The molecule has 3 aromatic rings. The summed E-state index contributed by atoms with van der Waals surface area (Å²) < 4.78 is 16.1. The van der Waals surface area contributed by atoms with Crippen LogP contribution >= 0.6 is 0 Å². The van der Waals surface area contributed by atoms with Gasteiger partial charge in [0, 0.05) is 29.9 Å². The van der Waals surface area contributed by atoms with Crippen molar-refractivity contribution in [1.82, 2.24) is 10.7 Å². The number of hydrazone groups is 1. The van der Waals surface area contributed by atoms with Gasteiger partial charge in [0.15, 0.2) is 11.5 Å². The Bertz CT molecular complexity index is 1290. The van der Waals surface area contributed by atoms with E-state index < -0.39 is 11.8 Å². The van der Waals surface area contributed by atoms with Crippen molar-refractivity contribution in [2.24, 2.45) is 5.10 Å². The van der Waals surface area contributed by atoms with Gasteiger partial charge in [0.25, 0.3) is 11.8 Å². The van der Waals surface area contributed by atoms with Crippen LogP contribution in [0.1, 0.15) is 35.3 Å². The zero-order valence-corrected chi connectivity index (χ0v) is 22.9. The topological polar surface area (TPSA) is 101 Å². The molecule has 0 aromatic heterocycles. The Hall–Kier alpha value is -4.79. The Balaban J connectivity index is 1.86. The van der Waals surface area contributed by atoms with Gasteiger partial charge in [0.1, 0.15) is 5.70 Å². The fourth-order valence-corrected chi connectivity index (χ4v) is 3.88. The van der Waals surface area contributed by atoms with E-state index in [2.05, 4.69) is 34.6 Å². The normalized spacial score (nSPS) is 11.2. The molecule has 0 radical (unpaired) electrons. The molecule has 0 aliphatic carbocycles. The number of hydrogen-bond acceptors (Lipinski definition) is 7. The number of hydrogen-bond donors (Lipinski definition) is 2. The highest BCUT2D eigenvalue weighted by Gasteiger charge is 2.15. The molecule has 3 rings (SSSR count). The third-order valence-corrected chi connectivity index (χ3v) is 5.93. The molecule has 0 heterocycles. The van der Waals surface area contributed by atoms with Gasteiger partial charge in [-0.05, 0) is 61.9 Å². The van der Waals surface area contributed by atoms with Crippen molar-refractivity contribution in [1.29, 1.82) is 0 Å². The fourth-order valence-electron chi connectivity index (χ4n) is 3.88. The molecule has 0 saturated carbocycles. The second-order valence-corrected chi connectivity index (χ2v) is 8.30. The van der Waals surface area contributed by atoms with Gasteiger partial charge in [0.05, 0.1) is 27.5 Å². The second kappa shape index (κ2) is 14.2. The van der Waals surface area contributed by atoms with Crippen LogP contribution in [0.15, 0.2) is 77.5 Å². The van der Waals surface area contributed by atoms with Crippen LogP contribution in [-0.4, -0.2) is 52.4 Å². The molecule has 9 nitrogen and oxygen atoms in total. The van der Waals surface area contributed by atoms with E-state index in [9.17, 15) is 9.59 Å². The Morgan fingerprint density at radius 2 is 1.46 bits per heavy atom. The zero-order chi connectivity index (χ0) is 28.2. The molecule has 0 fully saturated rings. The zero-order valence-electron chi connectivity index (χ0n) is 22.9. The quantitative estimate of drug-likeness (QED) is 0.203. The van der Waals surface area contributed by atoms with Gasteiger partial charge >= 0.3 is 0 Å². The first kappa shape index (κ1) is 28.8. The highest BCUT2D eigenvalue weighted by Crippen LogP contribution is 2.37. The standard InChI is InChI=1S/C30H34N4O5/c1-6-34(7-2)24-15-13-21(14-16-24)17-25(32-29(35)23-11-9-8-10-12-23)30(36)33-31-20-22-18-26(37-3)28(39-5)27(19-22)38-4/h8-20H,6-7H2,1-5H3,(H,32,35)(H,33,36). The summed E-state index contributed by atoms with van der Waals surface area (Å²) in [6, 6.07) is 19.8. The van der Waals surface area contributed by atoms with Crippen molar-refractivity contribution < 1.29 is 23.8 Å². The number of nitrogens with one attached hydrogen (secondary N) is 2. The van der Waals surface area contributed by atoms with Crippen LogP contribution in [0.25, 0.3) is 6.08 Å². The molecule has 0 aliphatic rings. The number of methoxy groups -OCH3 is 3. The second-order valence-electron chi connectivity index (χ2n) is 8.30. The number of amides is 2. The van der Waals surface area contributed by atoms with Crippen molar-refractivity contribution in [3.8, 4) is 17.2 Å². The summed E-state index contributed by atoms with van der Waals surface area (Å²) in [6.07, 6.45) is 3.05. The lowest BCUT2D eigenvalue weighted by Gasteiger charge is -2.21. The smallest absolute Gasteiger partial charge is 0.287 e. The van der Waals surface area contributed by atoms with Crippen molar-refractivity contribution in [2.45, 2.75) is 13.8 Å². The summed E-state index contributed by atoms with van der Waals surface area (Å²) in [7, 11) is 4.55. The molecule has 9 heteroatoms. The summed E-state index contributed by atoms with van der Waals surface area (Å²) >= 11 is 0. The van der Waals surface area contributed by atoms with E-state index in [1.807, 2.05) is 30.3 Å². The van der Waals surface area contributed by atoms with Crippen molar-refractivity contribution >= 4 is 29.8 Å². The summed E-state index contributed by atoms with van der Waals surface area (Å²) in [5.41, 5.74) is 5.38. The first-order chi connectivity index (χ1) is 18.9. The van der Waals surface area contributed by atoms with Crippen LogP contribution in [0.2, 0.25) is 0 Å². The van der Waals surface area contributed by atoms with Gasteiger partial charge in [-0.2, -0.15) is 5.10 Å². The van der Waals surface area contributed by atoms with Crippen LogP contribution in [-0.2, 0) is 4.79 Å². The van der Waals surface area contributed by atoms with Crippen molar-refractivity contribution in [3.63, 3.8) is 0 Å². The summed E-state index contributed by atoms with van der Waals surface area (Å²) in [6.45, 7) is 5.96. The molecule has 0 aliphatic heterocycles. The summed E-state index contributed by atoms with van der Waals surface area (Å²) in [5.74, 6) is 0.352. The van der Waals surface area contributed by atoms with Gasteiger partial charge < -0.3 is 24.4 Å². The van der Waals surface area contributed by atoms with Crippen LogP contribution in [0.4, 0.5) is 5.69 Å². The highest BCUT2D eigenvalue weighted by molar-refractivity contribution is 6.05. The SMILES string of the molecule is CCN(CC)c1ccc(C=C(NC(=O)c2ccccc2)C(=O)NN=Cc2cc(OC)c(OC)c(OC)c2)cc1. The van der Waals surface area contributed by atoms with E-state index in [0.29, 0.717) is 28.4 Å². The Morgan fingerprint density at radius 3 is 2.00 bits per heavy atom. The molecule has 204 valence electrons. The Labute approximate surface area is 229 Å². The third-order valence-electron chi connectivity index (χ3n) is 5.93. The predicted molar refractivity (Wildman–Crippen MR) is 154 cm³/mol. The largest absolute Gasteiger partial charge is 0.493 e. The fraction of sp³-hybridized carbons (Fsp3) is 0.233. The molecule has 3 aromatic carbocycles. The molecule has 2 N–H and O–H groups in total. The summed E-state index contributed by atoms with van der Waals surface area (Å²) in [5, 5.41) is 6.79. The molecule has 0 unspecified atom stereocenters. The minimum absolute atomic E-state index is 0.0430. The number of carbonyl (C=O) groups is 2. The molecular formula is C30H34N4O5. The number of benzene rings is 3. The van der Waals surface area contributed by atoms with E-state index in [4.69, 9.17) is 14.2 Å². The van der Waals surface area contributed by atoms with Gasteiger partial charge in [-0.15, -0.1) is 0 Å². The predicted octanol–water partition coefficient (Wildman–Crippen LogP) is 4.48. The van der Waals surface area contributed by atoms with Crippen molar-refractivity contribution in [3.05, 3.63) is 89.1 Å². The molecule has 39 heavy (non-hydrogen) atoms.